The molecule has 1 fully saturated rings. The van der Waals surface area contributed by atoms with Gasteiger partial charge in [-0.25, -0.2) is 4.79 Å². The molecule has 0 aromatic carbocycles. The molecule has 1 rings (SSSR count). The zero-order valence-corrected chi connectivity index (χ0v) is 28.3. The Hall–Kier alpha value is -4.81. The molecule has 276 valence electrons. The van der Waals surface area contributed by atoms with Gasteiger partial charge in [0, 0.05) is 19.4 Å². The first kappa shape index (κ1) is 42.2. The van der Waals surface area contributed by atoms with E-state index in [1.54, 1.807) is 27.7 Å². The number of amides is 6. The topological polar surface area (TPSA) is 304 Å². The van der Waals surface area contributed by atoms with Gasteiger partial charge in [0.1, 0.15) is 36.3 Å². The molecule has 49 heavy (non-hydrogen) atoms. The van der Waals surface area contributed by atoms with Gasteiger partial charge in [-0.15, -0.1) is 0 Å². The van der Waals surface area contributed by atoms with Gasteiger partial charge in [-0.05, 0) is 44.4 Å². The van der Waals surface area contributed by atoms with Crippen LogP contribution in [-0.2, 0) is 43.2 Å². The molecule has 0 unspecified atom stereocenters. The number of nitrogens with one attached hydrogen (secondary N) is 5. The SMILES string of the molecule is CC(C)[C@H](NC(=O)[C@@H](NC(=O)[C@@H]1CCCN1C(=O)[C@H](CCC(=O)O)NC(=O)[C@H](CCC(=O)O)NC(=O)[C@H](C)NC(=O)CN)C(C)C)C(=O)O. The lowest BCUT2D eigenvalue weighted by atomic mass is 9.99. The molecule has 0 aliphatic carbocycles. The second-order valence-corrected chi connectivity index (χ2v) is 12.5. The van der Waals surface area contributed by atoms with Crippen LogP contribution in [0.2, 0.25) is 0 Å². The highest BCUT2D eigenvalue weighted by Gasteiger charge is 2.40. The van der Waals surface area contributed by atoms with E-state index in [0.29, 0.717) is 6.42 Å². The molecule has 6 atom stereocenters. The Bertz CT molecular complexity index is 1260. The van der Waals surface area contributed by atoms with Crippen LogP contribution in [0, 0.1) is 11.8 Å². The van der Waals surface area contributed by atoms with Crippen LogP contribution >= 0.6 is 0 Å². The first-order valence-corrected chi connectivity index (χ1v) is 16.0. The van der Waals surface area contributed by atoms with Crippen LogP contribution in [0.5, 0.6) is 0 Å². The number of rotatable bonds is 20. The number of carboxylic acid groups (broad SMARTS) is 3. The Kier molecular flexibility index (Phi) is 17.1. The maximum Gasteiger partial charge on any atom is 0.326 e. The number of likely N-dealkylation sites (tertiary alicyclic amines) is 1. The van der Waals surface area contributed by atoms with E-state index in [4.69, 9.17) is 5.73 Å². The van der Waals surface area contributed by atoms with Crippen LogP contribution in [0.15, 0.2) is 0 Å². The second kappa shape index (κ2) is 19.9. The van der Waals surface area contributed by atoms with E-state index in [1.165, 1.54) is 6.92 Å². The van der Waals surface area contributed by atoms with E-state index in [-0.39, 0.29) is 13.0 Å². The predicted octanol–water partition coefficient (Wildman–Crippen LogP) is -2.49. The highest BCUT2D eigenvalue weighted by molar-refractivity contribution is 5.97. The van der Waals surface area contributed by atoms with Gasteiger partial charge in [0.2, 0.25) is 35.4 Å². The van der Waals surface area contributed by atoms with Crippen LogP contribution < -0.4 is 32.3 Å². The molecule has 0 spiro atoms. The number of carbonyl (C=O) groups excluding carboxylic acids is 6. The van der Waals surface area contributed by atoms with Gasteiger partial charge >= 0.3 is 17.9 Å². The van der Waals surface area contributed by atoms with E-state index >= 15 is 0 Å². The third kappa shape index (κ3) is 13.7. The van der Waals surface area contributed by atoms with Crippen molar-refractivity contribution < 1.29 is 58.5 Å². The normalized spacial score (nSPS) is 17.2. The average Bonchev–Trinajstić information content (AvgIpc) is 3.51. The van der Waals surface area contributed by atoms with Crippen LogP contribution in [-0.4, -0.2) is 123 Å². The summed E-state index contributed by atoms with van der Waals surface area (Å²) in [7, 11) is 0. The van der Waals surface area contributed by atoms with Gasteiger partial charge in [0.15, 0.2) is 0 Å². The largest absolute Gasteiger partial charge is 0.481 e. The quantitative estimate of drug-likeness (QED) is 0.0636. The number of nitrogens with two attached hydrogens (primary N) is 1. The lowest BCUT2D eigenvalue weighted by molar-refractivity contribution is -0.145. The van der Waals surface area contributed by atoms with Crippen molar-refractivity contribution in [3.63, 3.8) is 0 Å². The summed E-state index contributed by atoms with van der Waals surface area (Å²) in [6.45, 7) is 7.41. The van der Waals surface area contributed by atoms with Gasteiger partial charge in [-0.1, -0.05) is 27.7 Å². The van der Waals surface area contributed by atoms with E-state index in [2.05, 4.69) is 26.6 Å². The minimum absolute atomic E-state index is 0.0425. The van der Waals surface area contributed by atoms with Crippen molar-refractivity contribution in [2.75, 3.05) is 13.1 Å². The third-order valence-corrected chi connectivity index (χ3v) is 7.81. The summed E-state index contributed by atoms with van der Waals surface area (Å²) in [6.07, 6.45) is -1.48. The Morgan fingerprint density at radius 2 is 1.22 bits per heavy atom. The van der Waals surface area contributed by atoms with Crippen molar-refractivity contribution in [2.45, 2.75) is 109 Å². The number of carbonyl (C=O) groups is 9. The van der Waals surface area contributed by atoms with E-state index < -0.39 is 134 Å². The summed E-state index contributed by atoms with van der Waals surface area (Å²) in [4.78, 5) is 113. The first-order chi connectivity index (χ1) is 22.8. The first-order valence-electron chi connectivity index (χ1n) is 16.0. The number of hydrogen-bond donors (Lipinski definition) is 9. The average molecular weight is 700 g/mol. The maximum absolute atomic E-state index is 13.8. The fourth-order valence-electron chi connectivity index (χ4n) is 5.04. The third-order valence-electron chi connectivity index (χ3n) is 7.81. The minimum Gasteiger partial charge on any atom is -0.481 e. The van der Waals surface area contributed by atoms with Crippen LogP contribution in [0.4, 0.5) is 0 Å². The van der Waals surface area contributed by atoms with Crippen molar-refractivity contribution in [3.8, 4) is 0 Å². The fraction of sp³-hybridized carbons (Fsp3) is 0.700. The van der Waals surface area contributed by atoms with E-state index in [9.17, 15) is 58.5 Å². The molecule has 0 aromatic rings. The van der Waals surface area contributed by atoms with Crippen LogP contribution in [0.25, 0.3) is 0 Å². The van der Waals surface area contributed by atoms with Gasteiger partial charge in [0.25, 0.3) is 0 Å². The standard InChI is InChI=1S/C30H49N7O12/c1-14(2)23(28(46)36-24(15(3)4)30(48)49)35-27(45)19-7-6-12-37(19)29(47)18(9-11-22(41)42)34-26(44)17(8-10-21(39)40)33-25(43)16(5)32-20(38)13-31/h14-19,23-24H,6-13,31H2,1-5H3,(H,32,38)(H,33,43)(H,34,44)(H,35,45)(H,36,46)(H,39,40)(H,41,42)(H,48,49)/t16-,17-,18-,19-,23-,24-/m0/s1. The molecule has 0 radical (unpaired) electrons. The molecule has 1 heterocycles. The lowest BCUT2D eigenvalue weighted by Gasteiger charge is -2.31. The number of hydrogen-bond acceptors (Lipinski definition) is 10. The predicted molar refractivity (Wildman–Crippen MR) is 170 cm³/mol. The van der Waals surface area contributed by atoms with Crippen molar-refractivity contribution in [1.29, 1.82) is 0 Å². The Morgan fingerprint density at radius 3 is 1.71 bits per heavy atom. The summed E-state index contributed by atoms with van der Waals surface area (Å²) < 4.78 is 0. The van der Waals surface area contributed by atoms with Crippen molar-refractivity contribution in [3.05, 3.63) is 0 Å². The van der Waals surface area contributed by atoms with E-state index in [0.717, 1.165) is 4.90 Å². The Labute approximate surface area is 283 Å². The second-order valence-electron chi connectivity index (χ2n) is 12.5. The molecule has 1 aliphatic rings. The van der Waals surface area contributed by atoms with Gasteiger partial charge in [0.05, 0.1) is 6.54 Å². The molecule has 6 amide bonds. The highest BCUT2D eigenvalue weighted by atomic mass is 16.4. The molecular formula is C30H49N7O12. The number of aliphatic carboxylic acids is 3. The summed E-state index contributed by atoms with van der Waals surface area (Å²) in [5.74, 6) is -9.60. The Morgan fingerprint density at radius 1 is 0.694 bits per heavy atom. The smallest absolute Gasteiger partial charge is 0.326 e. The molecule has 0 saturated carbocycles. The van der Waals surface area contributed by atoms with Crippen molar-refractivity contribution >= 4 is 53.4 Å². The summed E-state index contributed by atoms with van der Waals surface area (Å²) in [5.41, 5.74) is 5.24. The molecule has 19 heteroatoms. The zero-order valence-electron chi connectivity index (χ0n) is 28.3. The lowest BCUT2D eigenvalue weighted by Crippen LogP contribution is -2.60. The maximum atomic E-state index is 13.8. The molecule has 10 N–H and O–H groups in total. The summed E-state index contributed by atoms with van der Waals surface area (Å²) in [5, 5.41) is 40.0. The molecule has 0 bridgehead atoms. The molecule has 19 nitrogen and oxygen atoms in total. The van der Waals surface area contributed by atoms with Gasteiger partial charge in [-0.3, -0.25) is 38.4 Å². The van der Waals surface area contributed by atoms with Gasteiger partial charge < -0.3 is 52.5 Å². The van der Waals surface area contributed by atoms with Crippen molar-refractivity contribution in [1.82, 2.24) is 31.5 Å². The highest BCUT2D eigenvalue weighted by Crippen LogP contribution is 2.21. The fourth-order valence-corrected chi connectivity index (χ4v) is 5.04. The molecule has 0 aromatic heterocycles. The minimum atomic E-state index is -1.51. The Balaban J connectivity index is 3.23. The summed E-state index contributed by atoms with van der Waals surface area (Å²) >= 11 is 0. The molecular weight excluding hydrogens is 650 g/mol. The van der Waals surface area contributed by atoms with Crippen molar-refractivity contribution in [2.24, 2.45) is 17.6 Å². The van der Waals surface area contributed by atoms with Crippen LogP contribution in [0.3, 0.4) is 0 Å². The van der Waals surface area contributed by atoms with Crippen LogP contribution in [0.1, 0.15) is 73.1 Å². The molecule has 1 saturated heterocycles. The number of carboxylic acids is 3. The van der Waals surface area contributed by atoms with E-state index in [1.807, 2.05) is 0 Å². The monoisotopic (exact) mass is 699 g/mol. The summed E-state index contributed by atoms with van der Waals surface area (Å²) in [6, 6.07) is -7.69. The van der Waals surface area contributed by atoms with Gasteiger partial charge in [-0.2, -0.15) is 0 Å². The zero-order chi connectivity index (χ0) is 37.6. The molecule has 1 aliphatic heterocycles. The number of nitrogens with zero attached hydrogens (tertiary/aromatic N) is 1.